The van der Waals surface area contributed by atoms with Crippen LogP contribution in [0.5, 0.6) is 0 Å². The van der Waals surface area contributed by atoms with Crippen molar-refractivity contribution >= 4 is 41.4 Å². The zero-order chi connectivity index (χ0) is 11.8. The van der Waals surface area contributed by atoms with Crippen LogP contribution in [0.2, 0.25) is 0 Å². The van der Waals surface area contributed by atoms with E-state index in [4.69, 9.17) is 10.7 Å². The Morgan fingerprint density at radius 3 is 2.33 bits per heavy atom. The van der Waals surface area contributed by atoms with E-state index in [1.165, 1.54) is 6.92 Å². The number of rotatable bonds is 2. The molecule has 0 N–H and O–H groups in total. The van der Waals surface area contributed by atoms with Gasteiger partial charge in [0.1, 0.15) is 0 Å². The second-order valence-electron chi connectivity index (χ2n) is 2.77. The van der Waals surface area contributed by atoms with E-state index in [9.17, 15) is 18.5 Å². The molecular weight excluding hydrogens is 310 g/mol. The van der Waals surface area contributed by atoms with Gasteiger partial charge in [0.25, 0.3) is 14.7 Å². The van der Waals surface area contributed by atoms with E-state index < -0.39 is 14.0 Å². The van der Waals surface area contributed by atoms with Crippen molar-refractivity contribution in [3.63, 3.8) is 0 Å². The van der Waals surface area contributed by atoms with Gasteiger partial charge in [-0.3, -0.25) is 10.1 Å². The molecule has 0 aliphatic carbocycles. The maximum absolute atomic E-state index is 11.1. The van der Waals surface area contributed by atoms with E-state index >= 15 is 0 Å². The summed E-state index contributed by atoms with van der Waals surface area (Å²) < 4.78 is 22.3. The van der Waals surface area contributed by atoms with Crippen LogP contribution in [0.4, 0.5) is 5.69 Å². The molecule has 0 fully saturated rings. The fourth-order valence-corrected chi connectivity index (χ4v) is 3.94. The first-order valence-electron chi connectivity index (χ1n) is 3.62. The second-order valence-corrected chi connectivity index (χ2v) is 6.13. The molecule has 0 heterocycles. The van der Waals surface area contributed by atoms with Crippen molar-refractivity contribution in [1.29, 1.82) is 0 Å². The standard InChI is InChI=1S/C7H5BrClNO4S/c1-4-2-5(10(11)12)3-6(8)7(4)15(9,13)14/h2-3H,1H3. The van der Waals surface area contributed by atoms with E-state index in [1.54, 1.807) is 0 Å². The molecule has 0 spiro atoms. The van der Waals surface area contributed by atoms with Crippen LogP contribution in [0.3, 0.4) is 0 Å². The molecule has 82 valence electrons. The van der Waals surface area contributed by atoms with Gasteiger partial charge in [0, 0.05) is 27.3 Å². The van der Waals surface area contributed by atoms with Crippen molar-refractivity contribution in [2.45, 2.75) is 11.8 Å². The lowest BCUT2D eigenvalue weighted by Gasteiger charge is -2.04. The van der Waals surface area contributed by atoms with Crippen molar-refractivity contribution in [1.82, 2.24) is 0 Å². The summed E-state index contributed by atoms with van der Waals surface area (Å²) in [6, 6.07) is 2.25. The summed E-state index contributed by atoms with van der Waals surface area (Å²) in [6.07, 6.45) is 0. The minimum absolute atomic E-state index is 0.0872. The van der Waals surface area contributed by atoms with E-state index in [0.29, 0.717) is 0 Å². The van der Waals surface area contributed by atoms with Crippen LogP contribution >= 0.6 is 26.6 Å². The third-order valence-electron chi connectivity index (χ3n) is 1.67. The van der Waals surface area contributed by atoms with Gasteiger partial charge >= 0.3 is 0 Å². The lowest BCUT2D eigenvalue weighted by Crippen LogP contribution is -1.98. The highest BCUT2D eigenvalue weighted by Crippen LogP contribution is 2.32. The molecule has 0 aliphatic rings. The summed E-state index contributed by atoms with van der Waals surface area (Å²) in [5.41, 5.74) is 0.0366. The highest BCUT2D eigenvalue weighted by atomic mass is 79.9. The smallest absolute Gasteiger partial charge is 0.258 e. The van der Waals surface area contributed by atoms with Gasteiger partial charge in [-0.05, 0) is 28.4 Å². The molecule has 0 amide bonds. The van der Waals surface area contributed by atoms with Crippen molar-refractivity contribution in [2.24, 2.45) is 0 Å². The van der Waals surface area contributed by atoms with Gasteiger partial charge in [0.05, 0.1) is 9.82 Å². The Balaban J connectivity index is 3.55. The fourth-order valence-electron chi connectivity index (χ4n) is 1.13. The summed E-state index contributed by atoms with van der Waals surface area (Å²) in [7, 11) is 1.27. The summed E-state index contributed by atoms with van der Waals surface area (Å²) in [5, 5.41) is 10.5. The molecule has 15 heavy (non-hydrogen) atoms. The zero-order valence-corrected chi connectivity index (χ0v) is 10.6. The number of aryl methyl sites for hydroxylation is 1. The predicted molar refractivity (Wildman–Crippen MR) is 58.6 cm³/mol. The number of nitro benzene ring substituents is 1. The van der Waals surface area contributed by atoms with Crippen LogP contribution < -0.4 is 0 Å². The number of halogens is 2. The molecule has 0 radical (unpaired) electrons. The molecule has 1 aromatic carbocycles. The molecule has 0 bridgehead atoms. The summed E-state index contributed by atoms with van der Waals surface area (Å²) >= 11 is 2.93. The molecule has 0 aromatic heterocycles. The average Bonchev–Trinajstić information content (AvgIpc) is 1.99. The van der Waals surface area contributed by atoms with E-state index in [0.717, 1.165) is 12.1 Å². The lowest BCUT2D eigenvalue weighted by molar-refractivity contribution is -0.385. The van der Waals surface area contributed by atoms with Crippen LogP contribution in [0.15, 0.2) is 21.5 Å². The number of non-ortho nitro benzene ring substituents is 1. The van der Waals surface area contributed by atoms with Gasteiger partial charge in [-0.15, -0.1) is 0 Å². The molecule has 0 atom stereocenters. The third kappa shape index (κ3) is 2.67. The Bertz CT molecular complexity index is 505. The first-order chi connectivity index (χ1) is 6.73. The van der Waals surface area contributed by atoms with Gasteiger partial charge in [-0.2, -0.15) is 0 Å². The minimum atomic E-state index is -3.90. The van der Waals surface area contributed by atoms with E-state index in [1.807, 2.05) is 0 Å². The zero-order valence-electron chi connectivity index (χ0n) is 7.40. The van der Waals surface area contributed by atoms with Crippen molar-refractivity contribution < 1.29 is 13.3 Å². The van der Waals surface area contributed by atoms with Gasteiger partial charge in [0.15, 0.2) is 0 Å². The average molecular weight is 315 g/mol. The molecule has 5 nitrogen and oxygen atoms in total. The van der Waals surface area contributed by atoms with Crippen LogP contribution in [-0.2, 0) is 9.05 Å². The van der Waals surface area contributed by atoms with Crippen LogP contribution in [-0.4, -0.2) is 13.3 Å². The summed E-state index contributed by atoms with van der Waals surface area (Å²) in [5.74, 6) is 0. The van der Waals surface area contributed by atoms with Gasteiger partial charge in [-0.25, -0.2) is 8.42 Å². The quantitative estimate of drug-likeness (QED) is 0.477. The Hall–Kier alpha value is -0.660. The Labute approximate surface area is 98.7 Å². The molecule has 0 saturated carbocycles. The Morgan fingerprint density at radius 2 is 2.00 bits per heavy atom. The maximum Gasteiger partial charge on any atom is 0.270 e. The number of nitro groups is 1. The number of benzene rings is 1. The molecule has 0 aliphatic heterocycles. The summed E-state index contributed by atoms with van der Waals surface area (Å²) in [6.45, 7) is 1.44. The van der Waals surface area contributed by atoms with Crippen molar-refractivity contribution in [2.75, 3.05) is 0 Å². The number of hydrogen-bond donors (Lipinski definition) is 0. The highest BCUT2D eigenvalue weighted by molar-refractivity contribution is 9.10. The third-order valence-corrected chi connectivity index (χ3v) is 4.05. The van der Waals surface area contributed by atoms with Crippen molar-refractivity contribution in [3.05, 3.63) is 32.3 Å². The fraction of sp³-hybridized carbons (Fsp3) is 0.143. The van der Waals surface area contributed by atoms with Gasteiger partial charge in [0.2, 0.25) is 0 Å². The van der Waals surface area contributed by atoms with Gasteiger partial charge in [-0.1, -0.05) is 0 Å². The van der Waals surface area contributed by atoms with Crippen LogP contribution in [0, 0.1) is 17.0 Å². The monoisotopic (exact) mass is 313 g/mol. The second kappa shape index (κ2) is 4.07. The van der Waals surface area contributed by atoms with Crippen molar-refractivity contribution in [3.8, 4) is 0 Å². The highest BCUT2D eigenvalue weighted by Gasteiger charge is 2.21. The number of hydrogen-bond acceptors (Lipinski definition) is 4. The predicted octanol–water partition coefficient (Wildman–Crippen LogP) is 2.59. The van der Waals surface area contributed by atoms with E-state index in [-0.39, 0.29) is 20.6 Å². The molecule has 1 aromatic rings. The minimum Gasteiger partial charge on any atom is -0.258 e. The molecular formula is C7H5BrClNO4S. The first kappa shape index (κ1) is 12.4. The first-order valence-corrected chi connectivity index (χ1v) is 6.73. The van der Waals surface area contributed by atoms with Gasteiger partial charge < -0.3 is 0 Å². The summed E-state index contributed by atoms with van der Waals surface area (Å²) in [4.78, 5) is 9.72. The topological polar surface area (TPSA) is 77.3 Å². The molecule has 0 saturated heterocycles. The van der Waals surface area contributed by atoms with Crippen LogP contribution in [0.25, 0.3) is 0 Å². The number of nitrogens with zero attached hydrogens (tertiary/aromatic N) is 1. The Kier molecular flexibility index (Phi) is 3.37. The van der Waals surface area contributed by atoms with Crippen LogP contribution in [0.1, 0.15) is 5.56 Å². The normalized spacial score (nSPS) is 11.4. The molecule has 0 unspecified atom stereocenters. The SMILES string of the molecule is Cc1cc([N+](=O)[O-])cc(Br)c1S(=O)(=O)Cl. The Morgan fingerprint density at radius 1 is 1.47 bits per heavy atom. The maximum atomic E-state index is 11.1. The largest absolute Gasteiger partial charge is 0.270 e. The molecule has 1 rings (SSSR count). The molecule has 8 heteroatoms. The lowest BCUT2D eigenvalue weighted by atomic mass is 10.2. The van der Waals surface area contributed by atoms with E-state index in [2.05, 4.69) is 15.9 Å².